The Morgan fingerprint density at radius 2 is 2.00 bits per heavy atom. The summed E-state index contributed by atoms with van der Waals surface area (Å²) in [5, 5.41) is 4.25. The summed E-state index contributed by atoms with van der Waals surface area (Å²) in [4.78, 5) is 27.5. The van der Waals surface area contributed by atoms with Crippen LogP contribution < -0.4 is 5.69 Å². The van der Waals surface area contributed by atoms with Gasteiger partial charge in [0.2, 0.25) is 0 Å². The van der Waals surface area contributed by atoms with Gasteiger partial charge < -0.3 is 4.74 Å². The summed E-state index contributed by atoms with van der Waals surface area (Å²) in [5.41, 5.74) is 0.830. The normalized spacial score (nSPS) is 24.4. The third-order valence-electron chi connectivity index (χ3n) is 6.49. The van der Waals surface area contributed by atoms with E-state index in [1.54, 1.807) is 24.4 Å². The number of ether oxygens (including phenoxy) is 1. The van der Waals surface area contributed by atoms with Crippen LogP contribution in [-0.2, 0) is 16.1 Å². The molecule has 2 atom stereocenters. The van der Waals surface area contributed by atoms with Gasteiger partial charge in [-0.15, -0.1) is 5.10 Å². The van der Waals surface area contributed by atoms with Gasteiger partial charge in [0.1, 0.15) is 12.4 Å². The zero-order chi connectivity index (χ0) is 22.7. The van der Waals surface area contributed by atoms with Crippen LogP contribution in [0.5, 0.6) is 0 Å². The van der Waals surface area contributed by atoms with Gasteiger partial charge in [0.05, 0.1) is 19.3 Å². The predicted octanol–water partition coefficient (Wildman–Crippen LogP) is 3.29. The molecular formula is C24H31FN4O3. The van der Waals surface area contributed by atoms with Crippen molar-refractivity contribution in [2.45, 2.75) is 70.7 Å². The molecule has 2 unspecified atom stereocenters. The second-order valence-electron chi connectivity index (χ2n) is 8.74. The Morgan fingerprint density at radius 1 is 1.25 bits per heavy atom. The lowest BCUT2D eigenvalue weighted by atomic mass is 9.99. The number of ketones is 1. The number of pyridine rings is 1. The molecule has 2 saturated heterocycles. The number of aromatic nitrogens is 3. The number of rotatable bonds is 9. The average Bonchev–Trinajstić information content (AvgIpc) is 3.19. The van der Waals surface area contributed by atoms with Crippen molar-refractivity contribution in [3.05, 3.63) is 58.4 Å². The lowest BCUT2D eigenvalue weighted by Crippen LogP contribution is -2.48. The van der Waals surface area contributed by atoms with Gasteiger partial charge in [-0.2, -0.15) is 0 Å². The number of piperidine rings is 1. The van der Waals surface area contributed by atoms with Gasteiger partial charge in [0.25, 0.3) is 0 Å². The first-order chi connectivity index (χ1) is 15.5. The highest BCUT2D eigenvalue weighted by Crippen LogP contribution is 2.37. The van der Waals surface area contributed by atoms with Crippen molar-refractivity contribution in [2.75, 3.05) is 13.2 Å². The lowest BCUT2D eigenvalue weighted by Gasteiger charge is -2.38. The summed E-state index contributed by atoms with van der Waals surface area (Å²) in [6, 6.07) is 5.89. The Bertz CT molecular complexity index is 1070. The van der Waals surface area contributed by atoms with Crippen molar-refractivity contribution in [1.29, 1.82) is 0 Å². The van der Waals surface area contributed by atoms with Gasteiger partial charge in [0, 0.05) is 23.9 Å². The van der Waals surface area contributed by atoms with Gasteiger partial charge >= 0.3 is 5.69 Å². The Morgan fingerprint density at radius 3 is 2.66 bits per heavy atom. The first-order valence-electron chi connectivity index (χ1n) is 11.4. The summed E-state index contributed by atoms with van der Waals surface area (Å²) in [5.74, 6) is -0.224. The monoisotopic (exact) mass is 442 g/mol. The second-order valence-corrected chi connectivity index (χ2v) is 8.74. The molecule has 0 radical (unpaired) electrons. The predicted molar refractivity (Wildman–Crippen MR) is 120 cm³/mol. The van der Waals surface area contributed by atoms with Crippen molar-refractivity contribution in [1.82, 2.24) is 19.1 Å². The molecule has 0 spiro atoms. The molecule has 0 N–H and O–H groups in total. The summed E-state index contributed by atoms with van der Waals surface area (Å²) < 4.78 is 22.5. The van der Waals surface area contributed by atoms with Crippen molar-refractivity contribution in [2.24, 2.45) is 0 Å². The Hall–Kier alpha value is -2.58. The average molecular weight is 443 g/mol. The smallest absolute Gasteiger partial charge is 0.350 e. The molecule has 0 saturated carbocycles. The molecule has 2 aliphatic rings. The molecule has 2 aromatic rings. The van der Waals surface area contributed by atoms with E-state index in [0.717, 1.165) is 32.1 Å². The van der Waals surface area contributed by atoms with Gasteiger partial charge in [0.15, 0.2) is 11.4 Å². The number of nitrogens with zero attached hydrogens (tertiary/aromatic N) is 4. The minimum atomic E-state index is -0.298. The van der Waals surface area contributed by atoms with Crippen LogP contribution in [-0.4, -0.2) is 56.2 Å². The van der Waals surface area contributed by atoms with Crippen molar-refractivity contribution in [3.8, 4) is 0 Å². The van der Waals surface area contributed by atoms with Crippen LogP contribution in [0.25, 0.3) is 5.65 Å². The standard InChI is InChI=1S/C24H31FN4O3/c1-3-4-7-18(17(2)25)16-32-22-12-19-9-10-20(13-22)28(19)14-21(30)15-29-24(31)27-11-6-5-8-23(27)26-29/h4-8,11,19-20,22H,3,9-10,12-16H2,1-2H3/b7-4-,18-17-. The minimum Gasteiger partial charge on any atom is -0.373 e. The molecule has 8 heteroatoms. The molecule has 0 aromatic carbocycles. The molecule has 172 valence electrons. The summed E-state index contributed by atoms with van der Waals surface area (Å²) >= 11 is 0. The van der Waals surface area contributed by atoms with Crippen LogP contribution in [0.15, 0.2) is 52.7 Å². The fourth-order valence-electron chi connectivity index (χ4n) is 4.84. The Labute approximate surface area is 187 Å². The third-order valence-corrected chi connectivity index (χ3v) is 6.49. The summed E-state index contributed by atoms with van der Waals surface area (Å²) in [6.45, 7) is 4.05. The lowest BCUT2D eigenvalue weighted by molar-refractivity contribution is -0.123. The molecule has 2 aliphatic heterocycles. The Balaban J connectivity index is 1.33. The first-order valence-corrected chi connectivity index (χ1v) is 11.4. The number of carbonyl (C=O) groups is 1. The first kappa shape index (κ1) is 22.6. The molecule has 0 amide bonds. The van der Waals surface area contributed by atoms with Crippen LogP contribution in [0.2, 0.25) is 0 Å². The van der Waals surface area contributed by atoms with Gasteiger partial charge in [-0.05, 0) is 51.2 Å². The highest BCUT2D eigenvalue weighted by Gasteiger charge is 2.41. The van der Waals surface area contributed by atoms with Crippen LogP contribution >= 0.6 is 0 Å². The highest BCUT2D eigenvalue weighted by atomic mass is 19.1. The molecule has 2 bridgehead atoms. The quantitative estimate of drug-likeness (QED) is 0.558. The molecular weight excluding hydrogens is 411 g/mol. The number of carbonyl (C=O) groups excluding carboxylic acids is 1. The fraction of sp³-hybridized carbons (Fsp3) is 0.542. The van der Waals surface area contributed by atoms with Gasteiger partial charge in [-0.25, -0.2) is 13.9 Å². The minimum absolute atomic E-state index is 0.0187. The topological polar surface area (TPSA) is 68.8 Å². The molecule has 7 nitrogen and oxygen atoms in total. The van der Waals surface area contributed by atoms with E-state index >= 15 is 0 Å². The molecule has 2 fully saturated rings. The fourth-order valence-corrected chi connectivity index (χ4v) is 4.84. The van der Waals surface area contributed by atoms with E-state index < -0.39 is 0 Å². The number of hydrogen-bond acceptors (Lipinski definition) is 5. The molecule has 2 aromatic heterocycles. The van der Waals surface area contributed by atoms with E-state index in [9.17, 15) is 14.0 Å². The maximum absolute atomic E-state index is 13.8. The van der Waals surface area contributed by atoms with E-state index in [4.69, 9.17) is 4.74 Å². The van der Waals surface area contributed by atoms with E-state index in [1.807, 2.05) is 19.1 Å². The van der Waals surface area contributed by atoms with Crippen LogP contribution in [0, 0.1) is 0 Å². The number of fused-ring (bicyclic) bond motifs is 3. The second kappa shape index (κ2) is 9.92. The molecule has 32 heavy (non-hydrogen) atoms. The summed E-state index contributed by atoms with van der Waals surface area (Å²) in [6.07, 6.45) is 10.1. The molecule has 4 heterocycles. The zero-order valence-corrected chi connectivity index (χ0v) is 18.7. The van der Waals surface area contributed by atoms with E-state index in [1.165, 1.54) is 16.0 Å². The highest BCUT2D eigenvalue weighted by molar-refractivity contribution is 5.80. The van der Waals surface area contributed by atoms with Crippen LogP contribution in [0.3, 0.4) is 0 Å². The molecule has 0 aliphatic carbocycles. The van der Waals surface area contributed by atoms with E-state index in [0.29, 0.717) is 17.8 Å². The maximum Gasteiger partial charge on any atom is 0.350 e. The summed E-state index contributed by atoms with van der Waals surface area (Å²) in [7, 11) is 0. The third kappa shape index (κ3) is 4.91. The van der Waals surface area contributed by atoms with E-state index in [-0.39, 0.29) is 48.6 Å². The zero-order valence-electron chi connectivity index (χ0n) is 18.7. The van der Waals surface area contributed by atoms with Crippen molar-refractivity contribution < 1.29 is 13.9 Å². The van der Waals surface area contributed by atoms with Crippen molar-refractivity contribution in [3.63, 3.8) is 0 Å². The number of Topliss-reactive ketones (excluding diaryl/α,β-unsaturated/α-hetero) is 1. The largest absolute Gasteiger partial charge is 0.373 e. The Kier molecular flexibility index (Phi) is 7.01. The SMILES string of the molecule is CC/C=C\C(COC1CC2CCC(C1)N2CC(=O)Cn1nc2ccccn2c1=O)=C(/C)F. The van der Waals surface area contributed by atoms with Crippen LogP contribution in [0.1, 0.15) is 46.0 Å². The molecule has 4 rings (SSSR count). The van der Waals surface area contributed by atoms with Gasteiger partial charge in [-0.3, -0.25) is 14.1 Å². The maximum atomic E-state index is 13.8. The van der Waals surface area contributed by atoms with Gasteiger partial charge in [-0.1, -0.05) is 25.1 Å². The number of halogens is 1. The van der Waals surface area contributed by atoms with E-state index in [2.05, 4.69) is 10.00 Å². The number of allylic oxidation sites excluding steroid dienone is 2. The van der Waals surface area contributed by atoms with Crippen molar-refractivity contribution >= 4 is 11.4 Å². The number of hydrogen-bond donors (Lipinski definition) is 0. The van der Waals surface area contributed by atoms with Crippen LogP contribution in [0.4, 0.5) is 4.39 Å².